The molecular formula is C14H22FN. The fourth-order valence-corrected chi connectivity index (χ4v) is 1.75. The van der Waals surface area contributed by atoms with Gasteiger partial charge in [0.1, 0.15) is 5.82 Å². The normalized spacial score (nSPS) is 10.6. The number of halogens is 1. The highest BCUT2D eigenvalue weighted by atomic mass is 19.1. The number of rotatable bonds is 8. The summed E-state index contributed by atoms with van der Waals surface area (Å²) in [6.07, 6.45) is 5.49. The summed E-state index contributed by atoms with van der Waals surface area (Å²) in [5, 5.41) is 3.37. The van der Waals surface area contributed by atoms with Crippen LogP contribution in [0, 0.1) is 5.82 Å². The lowest BCUT2D eigenvalue weighted by atomic mass is 10.1. The molecule has 0 amide bonds. The van der Waals surface area contributed by atoms with E-state index in [1.807, 2.05) is 12.1 Å². The van der Waals surface area contributed by atoms with Crippen LogP contribution in [0.2, 0.25) is 0 Å². The van der Waals surface area contributed by atoms with E-state index in [4.69, 9.17) is 0 Å². The molecule has 0 aliphatic heterocycles. The number of unbranched alkanes of at least 4 members (excludes halogenated alkanes) is 2. The lowest BCUT2D eigenvalue weighted by Crippen LogP contribution is -2.15. The Balaban J connectivity index is 2.05. The van der Waals surface area contributed by atoms with Crippen molar-refractivity contribution in [2.45, 2.75) is 39.0 Å². The molecule has 0 aliphatic rings. The molecule has 0 fully saturated rings. The van der Waals surface area contributed by atoms with E-state index in [1.165, 1.54) is 25.3 Å². The van der Waals surface area contributed by atoms with Gasteiger partial charge in [-0.05, 0) is 50.4 Å². The van der Waals surface area contributed by atoms with Crippen molar-refractivity contribution in [2.75, 3.05) is 13.1 Å². The van der Waals surface area contributed by atoms with Gasteiger partial charge in [-0.3, -0.25) is 0 Å². The van der Waals surface area contributed by atoms with Crippen molar-refractivity contribution in [3.63, 3.8) is 0 Å². The summed E-state index contributed by atoms with van der Waals surface area (Å²) in [6.45, 7) is 4.36. The molecule has 0 saturated heterocycles. The minimum absolute atomic E-state index is 0.0633. The topological polar surface area (TPSA) is 12.0 Å². The van der Waals surface area contributed by atoms with Gasteiger partial charge in [-0.15, -0.1) is 0 Å². The summed E-state index contributed by atoms with van der Waals surface area (Å²) in [7, 11) is 0. The van der Waals surface area contributed by atoms with Gasteiger partial charge in [0.05, 0.1) is 0 Å². The van der Waals surface area contributed by atoms with Crippen LogP contribution in [0.25, 0.3) is 0 Å². The van der Waals surface area contributed by atoms with Crippen molar-refractivity contribution in [3.8, 4) is 0 Å². The Kier molecular flexibility index (Phi) is 6.82. The molecule has 0 atom stereocenters. The van der Waals surface area contributed by atoms with Crippen molar-refractivity contribution < 1.29 is 4.39 Å². The van der Waals surface area contributed by atoms with Gasteiger partial charge in [-0.2, -0.15) is 0 Å². The molecule has 90 valence electrons. The Morgan fingerprint density at radius 2 is 1.88 bits per heavy atom. The highest BCUT2D eigenvalue weighted by Gasteiger charge is 1.99. The first-order valence-corrected chi connectivity index (χ1v) is 6.28. The first kappa shape index (κ1) is 13.2. The minimum atomic E-state index is -0.0633. The SMILES string of the molecule is CCCNCCCCCc1ccccc1F. The molecule has 0 aromatic heterocycles. The summed E-state index contributed by atoms with van der Waals surface area (Å²) in [6, 6.07) is 7.07. The van der Waals surface area contributed by atoms with Crippen LogP contribution in [-0.2, 0) is 6.42 Å². The van der Waals surface area contributed by atoms with Crippen molar-refractivity contribution in [3.05, 3.63) is 35.6 Å². The average Bonchev–Trinajstić information content (AvgIpc) is 2.30. The van der Waals surface area contributed by atoms with Gasteiger partial charge in [0.15, 0.2) is 0 Å². The van der Waals surface area contributed by atoms with Gasteiger partial charge in [0.25, 0.3) is 0 Å². The van der Waals surface area contributed by atoms with Crippen LogP contribution in [0.1, 0.15) is 38.2 Å². The second-order valence-electron chi connectivity index (χ2n) is 4.15. The third-order valence-corrected chi connectivity index (χ3v) is 2.68. The van der Waals surface area contributed by atoms with Crippen LogP contribution in [0.15, 0.2) is 24.3 Å². The molecule has 1 aromatic rings. The van der Waals surface area contributed by atoms with Crippen LogP contribution in [0.5, 0.6) is 0 Å². The van der Waals surface area contributed by atoms with Crippen LogP contribution >= 0.6 is 0 Å². The Labute approximate surface area is 98.1 Å². The number of hydrogen-bond donors (Lipinski definition) is 1. The fraction of sp³-hybridized carbons (Fsp3) is 0.571. The lowest BCUT2D eigenvalue weighted by Gasteiger charge is -2.04. The quantitative estimate of drug-likeness (QED) is 0.665. The summed E-state index contributed by atoms with van der Waals surface area (Å²) < 4.78 is 13.3. The highest BCUT2D eigenvalue weighted by Crippen LogP contribution is 2.10. The first-order valence-electron chi connectivity index (χ1n) is 6.28. The van der Waals surface area contributed by atoms with E-state index < -0.39 is 0 Å². The molecule has 0 radical (unpaired) electrons. The molecule has 1 rings (SSSR count). The maximum atomic E-state index is 13.3. The molecule has 1 aromatic carbocycles. The maximum absolute atomic E-state index is 13.3. The molecule has 16 heavy (non-hydrogen) atoms. The third kappa shape index (κ3) is 5.26. The molecular weight excluding hydrogens is 201 g/mol. The van der Waals surface area contributed by atoms with Crippen LogP contribution in [0.4, 0.5) is 4.39 Å². The van der Waals surface area contributed by atoms with Crippen molar-refractivity contribution >= 4 is 0 Å². The molecule has 0 unspecified atom stereocenters. The Hall–Kier alpha value is -0.890. The van der Waals surface area contributed by atoms with E-state index in [0.29, 0.717) is 0 Å². The van der Waals surface area contributed by atoms with Crippen LogP contribution in [-0.4, -0.2) is 13.1 Å². The molecule has 0 spiro atoms. The highest BCUT2D eigenvalue weighted by molar-refractivity contribution is 5.17. The summed E-state index contributed by atoms with van der Waals surface area (Å²) in [5.74, 6) is -0.0633. The molecule has 1 nitrogen and oxygen atoms in total. The van der Waals surface area contributed by atoms with E-state index >= 15 is 0 Å². The van der Waals surface area contributed by atoms with Crippen LogP contribution < -0.4 is 5.32 Å². The van der Waals surface area contributed by atoms with Crippen molar-refractivity contribution in [1.82, 2.24) is 5.32 Å². The predicted octanol–water partition coefficient (Wildman–Crippen LogP) is 3.54. The monoisotopic (exact) mass is 223 g/mol. The second kappa shape index (κ2) is 8.28. The molecule has 0 saturated carbocycles. The second-order valence-corrected chi connectivity index (χ2v) is 4.15. The fourth-order valence-electron chi connectivity index (χ4n) is 1.75. The van der Waals surface area contributed by atoms with Gasteiger partial charge >= 0.3 is 0 Å². The minimum Gasteiger partial charge on any atom is -0.317 e. The standard InChI is InChI=1S/C14H22FN/c1-2-11-16-12-7-3-4-8-13-9-5-6-10-14(13)15/h5-6,9-10,16H,2-4,7-8,11-12H2,1H3. The number of nitrogens with one attached hydrogen (secondary N) is 1. The largest absolute Gasteiger partial charge is 0.317 e. The van der Waals surface area contributed by atoms with E-state index in [0.717, 1.165) is 31.5 Å². The third-order valence-electron chi connectivity index (χ3n) is 2.68. The summed E-state index contributed by atoms with van der Waals surface area (Å²) in [4.78, 5) is 0. The molecule has 0 bridgehead atoms. The van der Waals surface area contributed by atoms with E-state index in [1.54, 1.807) is 6.07 Å². The van der Waals surface area contributed by atoms with Crippen molar-refractivity contribution in [1.29, 1.82) is 0 Å². The van der Waals surface area contributed by atoms with Gasteiger partial charge < -0.3 is 5.32 Å². The zero-order chi connectivity index (χ0) is 11.6. The van der Waals surface area contributed by atoms with E-state index in [2.05, 4.69) is 12.2 Å². The zero-order valence-electron chi connectivity index (χ0n) is 10.1. The van der Waals surface area contributed by atoms with Gasteiger partial charge in [0, 0.05) is 0 Å². The predicted molar refractivity (Wildman–Crippen MR) is 67.1 cm³/mol. The van der Waals surface area contributed by atoms with Crippen molar-refractivity contribution in [2.24, 2.45) is 0 Å². The van der Waals surface area contributed by atoms with Crippen LogP contribution in [0.3, 0.4) is 0 Å². The van der Waals surface area contributed by atoms with E-state index in [9.17, 15) is 4.39 Å². The number of aryl methyl sites for hydroxylation is 1. The van der Waals surface area contributed by atoms with Gasteiger partial charge in [-0.1, -0.05) is 31.5 Å². The smallest absolute Gasteiger partial charge is 0.126 e. The maximum Gasteiger partial charge on any atom is 0.126 e. The lowest BCUT2D eigenvalue weighted by molar-refractivity contribution is 0.578. The Morgan fingerprint density at radius 1 is 1.06 bits per heavy atom. The molecule has 0 heterocycles. The average molecular weight is 223 g/mol. The number of hydrogen-bond acceptors (Lipinski definition) is 1. The Bertz CT molecular complexity index is 286. The van der Waals surface area contributed by atoms with Gasteiger partial charge in [-0.25, -0.2) is 4.39 Å². The zero-order valence-corrected chi connectivity index (χ0v) is 10.1. The first-order chi connectivity index (χ1) is 7.84. The molecule has 2 heteroatoms. The summed E-state index contributed by atoms with van der Waals surface area (Å²) in [5.41, 5.74) is 0.851. The van der Waals surface area contributed by atoms with E-state index in [-0.39, 0.29) is 5.82 Å². The molecule has 1 N–H and O–H groups in total. The summed E-state index contributed by atoms with van der Waals surface area (Å²) >= 11 is 0. The Morgan fingerprint density at radius 3 is 2.62 bits per heavy atom. The van der Waals surface area contributed by atoms with Gasteiger partial charge in [0.2, 0.25) is 0 Å². The molecule has 0 aliphatic carbocycles. The number of benzene rings is 1.